The minimum Gasteiger partial charge on any atom is -0.478 e. The number of cyclic esters (lactones) is 2. The van der Waals surface area contributed by atoms with E-state index in [0.717, 1.165) is 11.1 Å². The van der Waals surface area contributed by atoms with Crippen molar-refractivity contribution in [3.05, 3.63) is 70.3 Å². The quantitative estimate of drug-likeness (QED) is 0.690. The average Bonchev–Trinajstić information content (AvgIpc) is 2.74. The van der Waals surface area contributed by atoms with E-state index < -0.39 is 17.9 Å². The van der Waals surface area contributed by atoms with Crippen molar-refractivity contribution < 1.29 is 24.2 Å². The Labute approximate surface area is 119 Å². The maximum absolute atomic E-state index is 11.5. The zero-order chi connectivity index (χ0) is 15.0. The van der Waals surface area contributed by atoms with Gasteiger partial charge in [0.05, 0.1) is 16.7 Å². The normalized spacial score (nSPS) is 13.0. The summed E-state index contributed by atoms with van der Waals surface area (Å²) in [5.74, 6) is -2.22. The highest BCUT2D eigenvalue weighted by Crippen LogP contribution is 2.22. The van der Waals surface area contributed by atoms with E-state index in [2.05, 4.69) is 4.74 Å². The fraction of sp³-hybridized carbons (Fsp3) is 0.0625. The second kappa shape index (κ2) is 4.86. The van der Waals surface area contributed by atoms with Crippen LogP contribution in [0, 0.1) is 0 Å². The van der Waals surface area contributed by atoms with Gasteiger partial charge in [0, 0.05) is 0 Å². The molecule has 2 aromatic rings. The summed E-state index contributed by atoms with van der Waals surface area (Å²) >= 11 is 0. The molecule has 0 unspecified atom stereocenters. The van der Waals surface area contributed by atoms with Crippen molar-refractivity contribution in [1.29, 1.82) is 0 Å². The van der Waals surface area contributed by atoms with Crippen LogP contribution in [-0.4, -0.2) is 23.0 Å². The van der Waals surface area contributed by atoms with Gasteiger partial charge in [0.15, 0.2) is 0 Å². The van der Waals surface area contributed by atoms with Gasteiger partial charge in [-0.15, -0.1) is 0 Å². The molecule has 1 heterocycles. The summed E-state index contributed by atoms with van der Waals surface area (Å²) in [4.78, 5) is 33.6. The van der Waals surface area contributed by atoms with Crippen LogP contribution in [0.3, 0.4) is 0 Å². The Balaban J connectivity index is 1.86. The van der Waals surface area contributed by atoms with Crippen LogP contribution in [0.1, 0.15) is 42.2 Å². The summed E-state index contributed by atoms with van der Waals surface area (Å²) < 4.78 is 4.54. The first-order valence-electron chi connectivity index (χ1n) is 6.26. The first kappa shape index (κ1) is 13.1. The standard InChI is InChI=1S/C16H10O5/c17-14(18)11-4-1-9(2-5-11)7-10-3-6-12-13(8-10)16(20)21-15(12)19/h1-6,8H,7H2,(H,17,18). The summed E-state index contributed by atoms with van der Waals surface area (Å²) in [5.41, 5.74) is 2.55. The van der Waals surface area contributed by atoms with E-state index in [1.165, 1.54) is 12.1 Å². The smallest absolute Gasteiger partial charge is 0.346 e. The second-order valence-corrected chi connectivity index (χ2v) is 4.74. The van der Waals surface area contributed by atoms with Gasteiger partial charge in [-0.05, 0) is 41.8 Å². The lowest BCUT2D eigenvalue weighted by Crippen LogP contribution is -1.98. The highest BCUT2D eigenvalue weighted by molar-refractivity contribution is 6.14. The number of carboxylic acids is 1. The summed E-state index contributed by atoms with van der Waals surface area (Å²) in [6.07, 6.45) is 0.536. The van der Waals surface area contributed by atoms with Crippen LogP contribution in [0.4, 0.5) is 0 Å². The summed E-state index contributed by atoms with van der Waals surface area (Å²) in [5, 5.41) is 8.84. The second-order valence-electron chi connectivity index (χ2n) is 4.74. The lowest BCUT2D eigenvalue weighted by molar-refractivity contribution is 0.0443. The van der Waals surface area contributed by atoms with Gasteiger partial charge in [-0.2, -0.15) is 0 Å². The molecule has 5 heteroatoms. The summed E-state index contributed by atoms with van der Waals surface area (Å²) in [7, 11) is 0. The van der Waals surface area contributed by atoms with E-state index in [1.807, 2.05) is 0 Å². The van der Waals surface area contributed by atoms with Gasteiger partial charge < -0.3 is 9.84 Å². The molecule has 0 aromatic heterocycles. The van der Waals surface area contributed by atoms with E-state index in [4.69, 9.17) is 5.11 Å². The fourth-order valence-corrected chi connectivity index (χ4v) is 2.24. The Bertz CT molecular complexity index is 759. The van der Waals surface area contributed by atoms with Gasteiger partial charge >= 0.3 is 17.9 Å². The van der Waals surface area contributed by atoms with E-state index in [0.29, 0.717) is 6.42 Å². The van der Waals surface area contributed by atoms with Crippen molar-refractivity contribution in [3.63, 3.8) is 0 Å². The van der Waals surface area contributed by atoms with Crippen LogP contribution in [0.2, 0.25) is 0 Å². The molecule has 1 aliphatic rings. The maximum atomic E-state index is 11.5. The first-order valence-corrected chi connectivity index (χ1v) is 6.26. The molecule has 1 N–H and O–H groups in total. The molecule has 5 nitrogen and oxygen atoms in total. The maximum Gasteiger partial charge on any atom is 0.346 e. The number of carboxylic acid groups (broad SMARTS) is 1. The zero-order valence-corrected chi connectivity index (χ0v) is 10.8. The molecule has 0 spiro atoms. The molecule has 0 amide bonds. The molecule has 0 saturated heterocycles. The molecular weight excluding hydrogens is 272 g/mol. The van der Waals surface area contributed by atoms with Gasteiger partial charge in [0.25, 0.3) is 0 Å². The van der Waals surface area contributed by atoms with Gasteiger partial charge in [-0.25, -0.2) is 14.4 Å². The predicted octanol–water partition coefficient (Wildman–Crippen LogP) is 2.29. The number of esters is 2. The lowest BCUT2D eigenvalue weighted by Gasteiger charge is -2.04. The molecule has 1 aliphatic heterocycles. The lowest BCUT2D eigenvalue weighted by atomic mass is 9.99. The van der Waals surface area contributed by atoms with Crippen molar-refractivity contribution in [2.75, 3.05) is 0 Å². The van der Waals surface area contributed by atoms with Crippen molar-refractivity contribution in [3.8, 4) is 0 Å². The number of hydrogen-bond acceptors (Lipinski definition) is 4. The van der Waals surface area contributed by atoms with Crippen LogP contribution in [0.25, 0.3) is 0 Å². The molecule has 0 atom stereocenters. The SMILES string of the molecule is O=C(O)c1ccc(Cc2ccc3c(c2)C(=O)OC3=O)cc1. The van der Waals surface area contributed by atoms with Crippen LogP contribution >= 0.6 is 0 Å². The third-order valence-electron chi connectivity index (χ3n) is 3.32. The first-order chi connectivity index (χ1) is 10.0. The van der Waals surface area contributed by atoms with Crippen LogP contribution < -0.4 is 0 Å². The van der Waals surface area contributed by atoms with E-state index in [-0.39, 0.29) is 16.7 Å². The van der Waals surface area contributed by atoms with Gasteiger partial charge in [-0.3, -0.25) is 0 Å². The number of rotatable bonds is 3. The Kier molecular flexibility index (Phi) is 3.02. The Hall–Kier alpha value is -2.95. The number of carbonyl (C=O) groups excluding carboxylic acids is 2. The number of ether oxygens (including phenoxy) is 1. The number of fused-ring (bicyclic) bond motifs is 1. The Morgan fingerprint density at radius 2 is 1.52 bits per heavy atom. The minimum atomic E-state index is -0.972. The van der Waals surface area contributed by atoms with Crippen molar-refractivity contribution in [1.82, 2.24) is 0 Å². The molecule has 104 valence electrons. The number of carbonyl (C=O) groups is 3. The van der Waals surface area contributed by atoms with Crippen LogP contribution in [0.15, 0.2) is 42.5 Å². The number of benzene rings is 2. The third-order valence-corrected chi connectivity index (χ3v) is 3.32. The Morgan fingerprint density at radius 1 is 0.905 bits per heavy atom. The topological polar surface area (TPSA) is 80.7 Å². The van der Waals surface area contributed by atoms with Gasteiger partial charge in [0.2, 0.25) is 0 Å². The van der Waals surface area contributed by atoms with Crippen molar-refractivity contribution in [2.24, 2.45) is 0 Å². The van der Waals surface area contributed by atoms with E-state index in [9.17, 15) is 14.4 Å². The Morgan fingerprint density at radius 3 is 2.19 bits per heavy atom. The monoisotopic (exact) mass is 282 g/mol. The van der Waals surface area contributed by atoms with Crippen molar-refractivity contribution in [2.45, 2.75) is 6.42 Å². The molecular formula is C16H10O5. The molecule has 0 aliphatic carbocycles. The molecule has 2 aromatic carbocycles. The highest BCUT2D eigenvalue weighted by Gasteiger charge is 2.29. The largest absolute Gasteiger partial charge is 0.478 e. The van der Waals surface area contributed by atoms with Crippen LogP contribution in [0.5, 0.6) is 0 Å². The molecule has 0 bridgehead atoms. The fourth-order valence-electron chi connectivity index (χ4n) is 2.24. The number of aromatic carboxylic acids is 1. The molecule has 3 rings (SSSR count). The van der Waals surface area contributed by atoms with E-state index >= 15 is 0 Å². The third kappa shape index (κ3) is 2.41. The molecule has 0 radical (unpaired) electrons. The number of hydrogen-bond donors (Lipinski definition) is 1. The van der Waals surface area contributed by atoms with Gasteiger partial charge in [0.1, 0.15) is 0 Å². The van der Waals surface area contributed by atoms with Crippen molar-refractivity contribution >= 4 is 17.9 Å². The molecule has 21 heavy (non-hydrogen) atoms. The summed E-state index contributed by atoms with van der Waals surface area (Å²) in [6.45, 7) is 0. The average molecular weight is 282 g/mol. The molecule has 0 saturated carbocycles. The molecule has 0 fully saturated rings. The van der Waals surface area contributed by atoms with Gasteiger partial charge in [-0.1, -0.05) is 18.2 Å². The predicted molar refractivity (Wildman–Crippen MR) is 72.4 cm³/mol. The zero-order valence-electron chi connectivity index (χ0n) is 10.8. The minimum absolute atomic E-state index is 0.224. The van der Waals surface area contributed by atoms with Crippen LogP contribution in [-0.2, 0) is 11.2 Å². The highest BCUT2D eigenvalue weighted by atomic mass is 16.6. The summed E-state index contributed by atoms with van der Waals surface area (Å²) in [6, 6.07) is 11.5. The van der Waals surface area contributed by atoms with E-state index in [1.54, 1.807) is 30.3 Å².